The average molecular weight is 485 g/mol. The van der Waals surface area contributed by atoms with Crippen LogP contribution in [0.5, 0.6) is 5.75 Å². The summed E-state index contributed by atoms with van der Waals surface area (Å²) in [5.74, 6) is -1.54. The molecular formula is C21H31N3O10. The Morgan fingerprint density at radius 2 is 1.82 bits per heavy atom. The molecule has 1 fully saturated rings. The van der Waals surface area contributed by atoms with Crippen LogP contribution < -0.4 is 20.9 Å². The highest BCUT2D eigenvalue weighted by molar-refractivity contribution is 5.81. The van der Waals surface area contributed by atoms with E-state index in [2.05, 4.69) is 16.2 Å². The first-order chi connectivity index (χ1) is 16.2. The fraction of sp³-hybridized carbons (Fsp3) is 0.571. The van der Waals surface area contributed by atoms with Gasteiger partial charge in [-0.1, -0.05) is 6.07 Å². The minimum Gasteiger partial charge on any atom is -0.479 e. The predicted molar refractivity (Wildman–Crippen MR) is 116 cm³/mol. The van der Waals surface area contributed by atoms with Crippen LogP contribution in [0.1, 0.15) is 24.0 Å². The number of Topliss-reactive ketones (excluding diaryl/α,β-unsaturated/α-hetero) is 1. The molecule has 7 N–H and O–H groups in total. The van der Waals surface area contributed by atoms with Crippen LogP contribution in [0.2, 0.25) is 0 Å². The Kier molecular flexibility index (Phi) is 10.6. The van der Waals surface area contributed by atoms with Crippen molar-refractivity contribution in [3.63, 3.8) is 0 Å². The lowest BCUT2D eigenvalue weighted by Crippen LogP contribution is -2.61. The fourth-order valence-electron chi connectivity index (χ4n) is 3.30. The highest BCUT2D eigenvalue weighted by Gasteiger charge is 2.48. The first kappa shape index (κ1) is 27.4. The van der Waals surface area contributed by atoms with Gasteiger partial charge >= 0.3 is 12.1 Å². The van der Waals surface area contributed by atoms with Gasteiger partial charge in [-0.05, 0) is 37.7 Å². The van der Waals surface area contributed by atoms with Crippen LogP contribution in [0.3, 0.4) is 0 Å². The van der Waals surface area contributed by atoms with E-state index in [1.807, 2.05) is 0 Å². The van der Waals surface area contributed by atoms with Crippen molar-refractivity contribution in [2.24, 2.45) is 0 Å². The zero-order valence-corrected chi connectivity index (χ0v) is 18.9. The number of hydrazine groups is 1. The first-order valence-corrected chi connectivity index (χ1v) is 10.6. The molecule has 34 heavy (non-hydrogen) atoms. The van der Waals surface area contributed by atoms with E-state index >= 15 is 0 Å². The maximum atomic E-state index is 12.5. The van der Waals surface area contributed by atoms with Gasteiger partial charge in [-0.25, -0.2) is 15.0 Å². The maximum Gasteiger partial charge on any atom is 0.421 e. The fourth-order valence-corrected chi connectivity index (χ4v) is 3.30. The summed E-state index contributed by atoms with van der Waals surface area (Å²) in [7, 11) is 3.27. The highest BCUT2D eigenvalue weighted by Crippen LogP contribution is 2.28. The SMILES string of the molecule is CNCCCC(=O)Cc1cc(COC(=O)NNC)ccc1OC1OC(C(=O)O)[C@H](O)C(O)[C@@H]1O. The third-order valence-electron chi connectivity index (χ3n) is 5.05. The molecule has 13 nitrogen and oxygen atoms in total. The van der Waals surface area contributed by atoms with Gasteiger partial charge in [0, 0.05) is 25.5 Å². The third kappa shape index (κ3) is 7.62. The number of carbonyl (C=O) groups excluding carboxylic acids is 2. The summed E-state index contributed by atoms with van der Waals surface area (Å²) in [6.07, 6.45) is -8.74. The number of benzene rings is 1. The van der Waals surface area contributed by atoms with Crippen molar-refractivity contribution in [2.45, 2.75) is 56.6 Å². The number of rotatable bonds is 12. The quantitative estimate of drug-likeness (QED) is 0.133. The largest absolute Gasteiger partial charge is 0.479 e. The average Bonchev–Trinajstić information content (AvgIpc) is 2.79. The highest BCUT2D eigenvalue weighted by atomic mass is 16.7. The second-order valence-corrected chi connectivity index (χ2v) is 7.67. The van der Waals surface area contributed by atoms with E-state index in [9.17, 15) is 34.8 Å². The van der Waals surface area contributed by atoms with E-state index in [1.54, 1.807) is 19.2 Å². The molecule has 0 radical (unpaired) electrons. The van der Waals surface area contributed by atoms with Crippen molar-refractivity contribution in [3.05, 3.63) is 29.3 Å². The number of amides is 1. The molecule has 13 heteroatoms. The molecule has 190 valence electrons. The van der Waals surface area contributed by atoms with Crippen LogP contribution in [0.15, 0.2) is 18.2 Å². The lowest BCUT2D eigenvalue weighted by molar-refractivity contribution is -0.271. The summed E-state index contributed by atoms with van der Waals surface area (Å²) in [4.78, 5) is 35.3. The van der Waals surface area contributed by atoms with E-state index in [1.165, 1.54) is 13.1 Å². The molecule has 1 amide bonds. The smallest absolute Gasteiger partial charge is 0.421 e. The number of aliphatic carboxylic acids is 1. The van der Waals surface area contributed by atoms with E-state index in [0.717, 1.165) is 0 Å². The minimum absolute atomic E-state index is 0.0497. The van der Waals surface area contributed by atoms with Gasteiger partial charge in [0.15, 0.2) is 6.10 Å². The second-order valence-electron chi connectivity index (χ2n) is 7.67. The van der Waals surface area contributed by atoms with Gasteiger partial charge in [0.2, 0.25) is 6.29 Å². The summed E-state index contributed by atoms with van der Waals surface area (Å²) in [6.45, 7) is 0.547. The normalized spacial score (nSPS) is 24.3. The van der Waals surface area contributed by atoms with E-state index in [-0.39, 0.29) is 24.6 Å². The molecule has 0 spiro atoms. The Morgan fingerprint density at radius 1 is 1.09 bits per heavy atom. The van der Waals surface area contributed by atoms with Crippen LogP contribution in [0.25, 0.3) is 0 Å². The van der Waals surface area contributed by atoms with Gasteiger partial charge in [0.25, 0.3) is 0 Å². The minimum atomic E-state index is -1.86. The van der Waals surface area contributed by atoms with Crippen molar-refractivity contribution in [3.8, 4) is 5.75 Å². The molecule has 1 aliphatic rings. The van der Waals surface area contributed by atoms with Crippen LogP contribution in [0.4, 0.5) is 4.79 Å². The van der Waals surface area contributed by atoms with Gasteiger partial charge in [0.1, 0.15) is 36.5 Å². The van der Waals surface area contributed by atoms with Gasteiger partial charge in [-0.15, -0.1) is 0 Å². The standard InChI is InChI=1S/C21H31N3O10/c1-22-7-3-4-13(25)9-12-8-11(10-32-21(31)24-23-2)5-6-14(12)33-20-17(28)15(26)16(27)18(34-20)19(29)30/h5-6,8,15-18,20,22-23,26-28H,3-4,7,9-10H2,1-2H3,(H,24,31)(H,29,30)/t15?,16-,17+,18?,20?/m1/s1. The Hall–Kier alpha value is -2.81. The van der Waals surface area contributed by atoms with E-state index < -0.39 is 42.8 Å². The first-order valence-electron chi connectivity index (χ1n) is 10.6. The number of carboxylic acid groups (broad SMARTS) is 1. The summed E-state index contributed by atoms with van der Waals surface area (Å²) in [5.41, 5.74) is 5.61. The molecule has 1 saturated heterocycles. The number of hydrogen-bond donors (Lipinski definition) is 7. The Morgan fingerprint density at radius 3 is 2.47 bits per heavy atom. The predicted octanol–water partition coefficient (Wildman–Crippen LogP) is -1.57. The number of carboxylic acids is 1. The summed E-state index contributed by atoms with van der Waals surface area (Å²) in [5, 5.41) is 42.3. The van der Waals surface area contributed by atoms with Crippen molar-refractivity contribution in [1.82, 2.24) is 16.2 Å². The molecule has 1 aromatic rings. The molecule has 0 bridgehead atoms. The van der Waals surface area contributed by atoms with Crippen molar-refractivity contribution in [2.75, 3.05) is 20.6 Å². The second kappa shape index (κ2) is 13.2. The summed E-state index contributed by atoms with van der Waals surface area (Å²) in [6, 6.07) is 4.58. The molecule has 5 atom stereocenters. The summed E-state index contributed by atoms with van der Waals surface area (Å²) >= 11 is 0. The Bertz CT molecular complexity index is 852. The van der Waals surface area contributed by atoms with Crippen molar-refractivity contribution >= 4 is 17.8 Å². The van der Waals surface area contributed by atoms with Crippen LogP contribution in [0, 0.1) is 0 Å². The number of hydrogen-bond acceptors (Lipinski definition) is 11. The zero-order valence-electron chi connectivity index (χ0n) is 18.9. The van der Waals surface area contributed by atoms with Gasteiger partial charge in [0.05, 0.1) is 0 Å². The van der Waals surface area contributed by atoms with Gasteiger partial charge < -0.3 is 40.0 Å². The van der Waals surface area contributed by atoms with Crippen molar-refractivity contribution in [1.29, 1.82) is 0 Å². The number of ketones is 1. The molecule has 0 aliphatic carbocycles. The topological polar surface area (TPSA) is 196 Å². The molecule has 0 aromatic heterocycles. The summed E-state index contributed by atoms with van der Waals surface area (Å²) < 4.78 is 15.8. The molecule has 2 rings (SSSR count). The van der Waals surface area contributed by atoms with Crippen LogP contribution in [-0.4, -0.2) is 89.6 Å². The molecule has 0 saturated carbocycles. The van der Waals surface area contributed by atoms with E-state index in [0.29, 0.717) is 30.5 Å². The number of aliphatic hydroxyl groups is 3. The number of aliphatic hydroxyl groups excluding tert-OH is 3. The Labute approximate surface area is 196 Å². The monoisotopic (exact) mass is 485 g/mol. The molecular weight excluding hydrogens is 454 g/mol. The molecule has 3 unspecified atom stereocenters. The van der Waals surface area contributed by atoms with Crippen LogP contribution in [-0.2, 0) is 32.1 Å². The van der Waals surface area contributed by atoms with Crippen LogP contribution >= 0.6 is 0 Å². The van der Waals surface area contributed by atoms with Gasteiger partial charge in [-0.2, -0.15) is 0 Å². The number of carbonyl (C=O) groups is 3. The van der Waals surface area contributed by atoms with E-state index in [4.69, 9.17) is 14.2 Å². The maximum absolute atomic E-state index is 12.5. The van der Waals surface area contributed by atoms with Crippen molar-refractivity contribution < 1.29 is 49.0 Å². The molecule has 1 aromatic carbocycles. The molecule has 1 heterocycles. The lowest BCUT2D eigenvalue weighted by Gasteiger charge is -2.38. The van der Waals surface area contributed by atoms with Gasteiger partial charge in [-0.3, -0.25) is 10.2 Å². The Balaban J connectivity index is 2.23. The molecule has 1 aliphatic heterocycles. The zero-order chi connectivity index (χ0) is 25.3. The number of nitrogens with one attached hydrogen (secondary N) is 3. The third-order valence-corrected chi connectivity index (χ3v) is 5.05. The number of ether oxygens (including phenoxy) is 3. The lowest BCUT2D eigenvalue weighted by atomic mass is 9.98.